The van der Waals surface area contributed by atoms with Gasteiger partial charge in [-0.15, -0.1) is 0 Å². The van der Waals surface area contributed by atoms with Gasteiger partial charge in [0.1, 0.15) is 6.04 Å². The van der Waals surface area contributed by atoms with Gasteiger partial charge in [-0.25, -0.2) is 0 Å². The van der Waals surface area contributed by atoms with Crippen molar-refractivity contribution in [2.45, 2.75) is 39.7 Å². The fourth-order valence-electron chi connectivity index (χ4n) is 3.84. The molecule has 1 N–H and O–H groups in total. The van der Waals surface area contributed by atoms with Gasteiger partial charge in [0, 0.05) is 30.1 Å². The van der Waals surface area contributed by atoms with Gasteiger partial charge in [-0.3, -0.25) is 14.4 Å². The normalized spacial score (nSPS) is 15.7. The predicted octanol–water partition coefficient (Wildman–Crippen LogP) is 3.87. The van der Waals surface area contributed by atoms with Crippen LogP contribution in [0.5, 0.6) is 0 Å². The Balaban J connectivity index is 1.60. The van der Waals surface area contributed by atoms with Gasteiger partial charge >= 0.3 is 0 Å². The van der Waals surface area contributed by atoms with E-state index in [4.69, 9.17) is 0 Å². The van der Waals surface area contributed by atoms with Crippen LogP contribution in [-0.4, -0.2) is 41.6 Å². The average molecular weight is 407 g/mol. The first kappa shape index (κ1) is 21.8. The quantitative estimate of drug-likeness (QED) is 0.741. The molecule has 0 spiro atoms. The van der Waals surface area contributed by atoms with Crippen LogP contribution in [0.2, 0.25) is 0 Å². The highest BCUT2D eigenvalue weighted by Crippen LogP contribution is 2.23. The molecule has 3 rings (SSSR count). The summed E-state index contributed by atoms with van der Waals surface area (Å²) in [6, 6.07) is 16.1. The van der Waals surface area contributed by atoms with Gasteiger partial charge in [-0.1, -0.05) is 61.9 Å². The van der Waals surface area contributed by atoms with E-state index in [1.807, 2.05) is 63.2 Å². The second-order valence-electron chi connectivity index (χ2n) is 8.39. The van der Waals surface area contributed by atoms with Gasteiger partial charge in [0.15, 0.2) is 5.78 Å². The third-order valence-electron chi connectivity index (χ3n) is 5.77. The summed E-state index contributed by atoms with van der Waals surface area (Å²) >= 11 is 0. The second-order valence-corrected chi connectivity index (χ2v) is 8.39. The number of nitrogens with zero attached hydrogens (tertiary/aromatic N) is 1. The first-order valence-electron chi connectivity index (χ1n) is 10.6. The molecule has 2 aromatic rings. The van der Waals surface area contributed by atoms with E-state index >= 15 is 0 Å². The van der Waals surface area contributed by atoms with Crippen molar-refractivity contribution in [2.75, 3.05) is 13.1 Å². The molecule has 1 saturated heterocycles. The standard InChI is InChI=1S/C25H30N2O3/c1-17(2)22(26-24(29)21-11-9-18(3)10-12-21)25(30)27-15-13-20(14-16-27)23(28)19-7-5-4-6-8-19/h4-12,17,20,22H,13-16H2,1-3H3,(H,26,29)/t22-/m0/s1. The molecule has 0 radical (unpaired) electrons. The van der Waals surface area contributed by atoms with E-state index in [0.29, 0.717) is 31.5 Å². The van der Waals surface area contributed by atoms with Crippen molar-refractivity contribution >= 4 is 17.6 Å². The fraction of sp³-hybridized carbons (Fsp3) is 0.400. The van der Waals surface area contributed by atoms with Crippen molar-refractivity contribution < 1.29 is 14.4 Å². The molecule has 0 bridgehead atoms. The highest BCUT2D eigenvalue weighted by molar-refractivity contribution is 5.99. The molecule has 2 amide bonds. The molecular formula is C25H30N2O3. The minimum absolute atomic E-state index is 0.0319. The molecule has 1 aliphatic heterocycles. The first-order chi connectivity index (χ1) is 14.4. The van der Waals surface area contributed by atoms with Crippen molar-refractivity contribution in [3.8, 4) is 0 Å². The molecule has 1 aliphatic rings. The zero-order chi connectivity index (χ0) is 21.7. The fourth-order valence-corrected chi connectivity index (χ4v) is 3.84. The first-order valence-corrected chi connectivity index (χ1v) is 10.6. The molecule has 1 atom stereocenters. The number of piperidine rings is 1. The summed E-state index contributed by atoms with van der Waals surface area (Å²) < 4.78 is 0. The third-order valence-corrected chi connectivity index (χ3v) is 5.77. The van der Waals surface area contributed by atoms with Crippen molar-refractivity contribution in [1.82, 2.24) is 10.2 Å². The number of benzene rings is 2. The topological polar surface area (TPSA) is 66.5 Å². The lowest BCUT2D eigenvalue weighted by atomic mass is 9.88. The Morgan fingerprint density at radius 2 is 1.50 bits per heavy atom. The Labute approximate surface area is 178 Å². The lowest BCUT2D eigenvalue weighted by Gasteiger charge is -2.35. The van der Waals surface area contributed by atoms with Crippen LogP contribution in [0.25, 0.3) is 0 Å². The summed E-state index contributed by atoms with van der Waals surface area (Å²) in [6.07, 6.45) is 1.30. The van der Waals surface area contributed by atoms with Crippen molar-refractivity contribution in [3.05, 3.63) is 71.3 Å². The molecule has 2 aromatic carbocycles. The Kier molecular flexibility index (Phi) is 7.03. The number of carbonyl (C=O) groups is 3. The van der Waals surface area contributed by atoms with Crippen LogP contribution in [0, 0.1) is 18.8 Å². The van der Waals surface area contributed by atoms with Gasteiger partial charge in [-0.2, -0.15) is 0 Å². The van der Waals surface area contributed by atoms with Crippen molar-refractivity contribution in [1.29, 1.82) is 0 Å². The van der Waals surface area contributed by atoms with Gasteiger partial charge in [-0.05, 0) is 37.8 Å². The van der Waals surface area contributed by atoms with E-state index < -0.39 is 6.04 Å². The Hall–Kier alpha value is -2.95. The van der Waals surface area contributed by atoms with Crippen LogP contribution < -0.4 is 5.32 Å². The van der Waals surface area contributed by atoms with E-state index in [-0.39, 0.29) is 29.4 Å². The molecule has 30 heavy (non-hydrogen) atoms. The lowest BCUT2D eigenvalue weighted by Crippen LogP contribution is -2.53. The molecule has 0 aromatic heterocycles. The van der Waals surface area contributed by atoms with Crippen molar-refractivity contribution in [3.63, 3.8) is 0 Å². The molecule has 0 unspecified atom stereocenters. The predicted molar refractivity (Wildman–Crippen MR) is 117 cm³/mol. The van der Waals surface area contributed by atoms with Crippen molar-refractivity contribution in [2.24, 2.45) is 11.8 Å². The Morgan fingerprint density at radius 1 is 0.900 bits per heavy atom. The Bertz CT molecular complexity index is 882. The van der Waals surface area contributed by atoms with Crippen LogP contribution in [-0.2, 0) is 4.79 Å². The van der Waals surface area contributed by atoms with Gasteiger partial charge < -0.3 is 10.2 Å². The van der Waals surface area contributed by atoms with E-state index in [1.165, 1.54) is 0 Å². The van der Waals surface area contributed by atoms with Gasteiger partial charge in [0.05, 0.1) is 0 Å². The number of ketones is 1. The smallest absolute Gasteiger partial charge is 0.251 e. The number of hydrogen-bond donors (Lipinski definition) is 1. The molecule has 158 valence electrons. The zero-order valence-corrected chi connectivity index (χ0v) is 17.9. The molecule has 5 heteroatoms. The number of Topliss-reactive ketones (excluding diaryl/α,β-unsaturated/α-hetero) is 1. The zero-order valence-electron chi connectivity index (χ0n) is 17.9. The van der Waals surface area contributed by atoms with Gasteiger partial charge in [0.2, 0.25) is 5.91 Å². The number of rotatable bonds is 6. The van der Waals surface area contributed by atoms with E-state index in [0.717, 1.165) is 11.1 Å². The maximum atomic E-state index is 13.1. The summed E-state index contributed by atoms with van der Waals surface area (Å²) in [6.45, 7) is 6.90. The summed E-state index contributed by atoms with van der Waals surface area (Å²) in [5.74, 6) is -0.255. The van der Waals surface area contributed by atoms with Crippen LogP contribution >= 0.6 is 0 Å². The molecule has 5 nitrogen and oxygen atoms in total. The highest BCUT2D eigenvalue weighted by atomic mass is 16.2. The van der Waals surface area contributed by atoms with Crippen LogP contribution in [0.4, 0.5) is 0 Å². The lowest BCUT2D eigenvalue weighted by molar-refractivity contribution is -0.135. The number of likely N-dealkylation sites (tertiary alicyclic amines) is 1. The third kappa shape index (κ3) is 5.15. The number of hydrogen-bond acceptors (Lipinski definition) is 3. The largest absolute Gasteiger partial charge is 0.341 e. The number of nitrogens with one attached hydrogen (secondary N) is 1. The molecule has 1 fully saturated rings. The van der Waals surface area contributed by atoms with Crippen LogP contribution in [0.3, 0.4) is 0 Å². The van der Waals surface area contributed by atoms with E-state index in [2.05, 4.69) is 5.32 Å². The maximum absolute atomic E-state index is 13.1. The molecule has 1 heterocycles. The van der Waals surface area contributed by atoms with Gasteiger partial charge in [0.25, 0.3) is 5.91 Å². The summed E-state index contributed by atoms with van der Waals surface area (Å²) in [5.41, 5.74) is 2.36. The molecular weight excluding hydrogens is 376 g/mol. The van der Waals surface area contributed by atoms with Crippen LogP contribution in [0.1, 0.15) is 53.0 Å². The second kappa shape index (κ2) is 9.70. The molecule has 0 aliphatic carbocycles. The SMILES string of the molecule is Cc1ccc(C(=O)N[C@H](C(=O)N2CCC(C(=O)c3ccccc3)CC2)C(C)C)cc1. The van der Waals surface area contributed by atoms with Crippen LogP contribution in [0.15, 0.2) is 54.6 Å². The number of aryl methyl sites for hydroxylation is 1. The minimum atomic E-state index is -0.583. The van der Waals surface area contributed by atoms with E-state index in [1.54, 1.807) is 17.0 Å². The highest BCUT2D eigenvalue weighted by Gasteiger charge is 2.33. The molecule has 0 saturated carbocycles. The maximum Gasteiger partial charge on any atom is 0.251 e. The number of amides is 2. The minimum Gasteiger partial charge on any atom is -0.341 e. The Morgan fingerprint density at radius 3 is 2.07 bits per heavy atom. The summed E-state index contributed by atoms with van der Waals surface area (Å²) in [5, 5.41) is 2.91. The number of carbonyl (C=O) groups excluding carboxylic acids is 3. The summed E-state index contributed by atoms with van der Waals surface area (Å²) in [7, 11) is 0. The van der Waals surface area contributed by atoms with E-state index in [9.17, 15) is 14.4 Å². The summed E-state index contributed by atoms with van der Waals surface area (Å²) in [4.78, 5) is 40.2. The average Bonchev–Trinajstić information content (AvgIpc) is 2.77. The monoisotopic (exact) mass is 406 g/mol.